The first-order chi connectivity index (χ1) is 37.7. The van der Waals surface area contributed by atoms with Gasteiger partial charge in [-0.2, -0.15) is 0 Å². The Morgan fingerprint density at radius 2 is 1.12 bits per heavy atom. The van der Waals surface area contributed by atoms with Gasteiger partial charge in [0.05, 0.1) is 129 Å². The van der Waals surface area contributed by atoms with Crippen LogP contribution in [-0.4, -0.2) is 211 Å². The molecule has 0 saturated carbocycles. The molecule has 21 nitrogen and oxygen atoms in total. The third kappa shape index (κ3) is 8.83. The summed E-state index contributed by atoms with van der Waals surface area (Å²) in [5.41, 5.74) is 15.6. The summed E-state index contributed by atoms with van der Waals surface area (Å²) in [4.78, 5) is 14.4. The Labute approximate surface area is 454 Å². The van der Waals surface area contributed by atoms with Crippen LogP contribution in [0.1, 0.15) is 128 Å². The van der Waals surface area contributed by atoms with Crippen LogP contribution in [0.25, 0.3) is 0 Å². The summed E-state index contributed by atoms with van der Waals surface area (Å²) in [5, 5.41) is 19.9. The van der Waals surface area contributed by atoms with E-state index in [-0.39, 0.29) is 141 Å². The first-order valence-electron chi connectivity index (χ1n) is 30.0. The second-order valence-electron chi connectivity index (χ2n) is 26.4. The second kappa shape index (κ2) is 19.4. The number of fused-ring (bicyclic) bond motifs is 11. The molecule has 0 aliphatic carbocycles. The van der Waals surface area contributed by atoms with E-state index < -0.39 is 66.2 Å². The van der Waals surface area contributed by atoms with Crippen LogP contribution in [0.3, 0.4) is 0 Å². The monoisotopic (exact) mass is 1100 g/mol. The van der Waals surface area contributed by atoms with Crippen molar-refractivity contribution in [2.45, 2.75) is 317 Å². The third-order valence-electron chi connectivity index (χ3n) is 21.4. The molecule has 17 fully saturated rings. The van der Waals surface area contributed by atoms with Gasteiger partial charge in [0.2, 0.25) is 0 Å². The Morgan fingerprint density at radius 3 is 2.00 bits per heavy atom. The minimum absolute atomic E-state index is 0.00676. The summed E-state index contributed by atoms with van der Waals surface area (Å²) in [7, 11) is 0. The summed E-state index contributed by atoms with van der Waals surface area (Å²) >= 11 is 0. The van der Waals surface area contributed by atoms with Crippen molar-refractivity contribution >= 4 is 5.97 Å². The molecule has 17 heterocycles. The summed E-state index contributed by atoms with van der Waals surface area (Å²) in [6.07, 6.45) is 3.03. The molecule has 6 N–H and O–H groups in total. The first kappa shape index (κ1) is 51.8. The molecular formula is C57H80N2O19. The van der Waals surface area contributed by atoms with Crippen molar-refractivity contribution < 1.29 is 90.8 Å². The van der Waals surface area contributed by atoms with Crippen molar-refractivity contribution in [3.05, 3.63) is 24.3 Å². The van der Waals surface area contributed by atoms with Gasteiger partial charge in [0.25, 0.3) is 0 Å². The number of nitrogens with two attached hydrogens (primary N) is 2. The lowest BCUT2D eigenvalue weighted by Gasteiger charge is -2.53. The molecule has 0 amide bonds. The van der Waals surface area contributed by atoms with E-state index in [0.29, 0.717) is 96.3 Å². The van der Waals surface area contributed by atoms with Gasteiger partial charge in [-0.15, -0.1) is 0 Å². The lowest BCUT2D eigenvalue weighted by Crippen LogP contribution is -2.65. The summed E-state index contributed by atoms with van der Waals surface area (Å²) in [5.74, 6) is -3.04. The number of aliphatic hydroxyl groups is 2. The molecule has 17 rings (SSSR count). The molecular weight excluding hydrogens is 1020 g/mol. The molecule has 31 atom stereocenters. The average Bonchev–Trinajstić information content (AvgIpc) is 4.30. The number of hydrogen-bond acceptors (Lipinski definition) is 21. The smallest absolute Gasteiger partial charge is 0.308 e. The molecule has 3 spiro atoms. The normalized spacial score (nSPS) is 58.2. The van der Waals surface area contributed by atoms with Crippen LogP contribution in [0.5, 0.6) is 0 Å². The maximum absolute atomic E-state index is 14.4. The second-order valence-corrected chi connectivity index (χ2v) is 26.4. The summed E-state index contributed by atoms with van der Waals surface area (Å²) in [6, 6.07) is -0.601. The van der Waals surface area contributed by atoms with Crippen molar-refractivity contribution in [1.29, 1.82) is 0 Å². The van der Waals surface area contributed by atoms with E-state index in [1.54, 1.807) is 0 Å². The highest BCUT2D eigenvalue weighted by Gasteiger charge is 2.69. The van der Waals surface area contributed by atoms with Crippen molar-refractivity contribution in [1.82, 2.24) is 0 Å². The van der Waals surface area contributed by atoms with Crippen LogP contribution in [0.4, 0.5) is 0 Å². The Morgan fingerprint density at radius 1 is 0.474 bits per heavy atom. The molecule has 3 unspecified atom stereocenters. The maximum Gasteiger partial charge on any atom is 0.308 e. The van der Waals surface area contributed by atoms with Crippen LogP contribution >= 0.6 is 0 Å². The van der Waals surface area contributed by atoms with E-state index in [4.69, 9.17) is 87.3 Å². The molecule has 0 aromatic heterocycles. The zero-order valence-electron chi connectivity index (χ0n) is 44.4. The standard InChI is InChI=1S/C57H80N2O19/c1-24-11-28-7-9-56-22-47-51(77-56)52-53(72-47)54(78-56)50-34(70-52)6-4-27(65-50)13-48(62)69-41-16-38-39(67-37(41)14-35-25(2)29(58)12-26(64-35)3-5-32(24)63-28)17-43-45(68-38)20-57(74-43)21-46-33(73-57)8-10-55(76-46)19-30(59)49-44(75-55)18-40-42(71-49)15-36(66-40)31(61)23-60/h26-47,49-54,60-61H,1-23,58-59H2/t26-,27+,28-,29+,30-,31-,32-,33-,34-,35+,36-,37-,38?,39-,40+,41+,42+,43+,44-,45?,46-,47+,49-,50-,51?,52-,53+,54-,55-,56-,57+/m0/s1. The summed E-state index contributed by atoms with van der Waals surface area (Å²) < 4.78 is 109. The number of aliphatic hydroxyl groups excluding tert-OH is 2. The molecule has 0 aromatic rings. The molecule has 12 bridgehead atoms. The van der Waals surface area contributed by atoms with Crippen LogP contribution in [0.15, 0.2) is 24.3 Å². The van der Waals surface area contributed by atoms with Crippen LogP contribution in [0.2, 0.25) is 0 Å². The van der Waals surface area contributed by atoms with Gasteiger partial charge in [0.15, 0.2) is 17.4 Å². The number of hydrogen-bond donors (Lipinski definition) is 4. The van der Waals surface area contributed by atoms with Crippen molar-refractivity contribution in [3.8, 4) is 0 Å². The molecule has 21 heteroatoms. The summed E-state index contributed by atoms with van der Waals surface area (Å²) in [6.45, 7) is 8.55. The topological polar surface area (TPSA) is 257 Å². The Kier molecular flexibility index (Phi) is 12.9. The Hall–Kier alpha value is -1.81. The molecule has 78 heavy (non-hydrogen) atoms. The Bertz CT molecular complexity index is 2350. The molecule has 17 aliphatic rings. The SMILES string of the molecule is C=C1C[C@@H]2CC[C@@]34C[C@H]5O[C@H]6[C@@H](O3)[C@H]3O[C@H](CC[C@@H]3O[C@H]6C5O4)CC(=O)O[C@@H]3CC4OC5C[C@]6(C[C@@H]7O[C@@]8(CC[C@@H]7O6)C[C@H](N)[C@@H]6O[C@@H]7C[C@@H]([C@@H](O)CO)O[C@@H]7C[C@@H]6O8)O[C@@H]5C[C@@H]4O[C@H]3C[C@H]3O[C@@H](CC[C@@H]1O2)C[C@@H](N)C3=C. The Balaban J connectivity index is 0.614. The minimum atomic E-state index is -0.971. The number of ether oxygens (including phenoxy) is 16. The van der Waals surface area contributed by atoms with E-state index >= 15 is 0 Å². The van der Waals surface area contributed by atoms with E-state index in [1.807, 2.05) is 0 Å². The average molecular weight is 1100 g/mol. The highest BCUT2D eigenvalue weighted by atomic mass is 16.8. The van der Waals surface area contributed by atoms with E-state index in [2.05, 4.69) is 13.2 Å². The molecule has 432 valence electrons. The zero-order chi connectivity index (χ0) is 52.6. The molecule has 0 aromatic carbocycles. The number of esters is 1. The van der Waals surface area contributed by atoms with Gasteiger partial charge in [-0.25, -0.2) is 0 Å². The van der Waals surface area contributed by atoms with Crippen LogP contribution < -0.4 is 11.5 Å². The fourth-order valence-corrected chi connectivity index (χ4v) is 17.6. The number of carbonyl (C=O) groups excluding carboxylic acids is 1. The van der Waals surface area contributed by atoms with E-state index in [1.165, 1.54) is 0 Å². The van der Waals surface area contributed by atoms with Gasteiger partial charge in [0, 0.05) is 82.7 Å². The predicted octanol–water partition coefficient (Wildman–Crippen LogP) is 2.22. The lowest BCUT2D eigenvalue weighted by molar-refractivity contribution is -0.355. The zero-order valence-corrected chi connectivity index (χ0v) is 44.4. The first-order valence-corrected chi connectivity index (χ1v) is 30.0. The van der Waals surface area contributed by atoms with Gasteiger partial charge >= 0.3 is 5.97 Å². The van der Waals surface area contributed by atoms with E-state index in [9.17, 15) is 15.0 Å². The lowest BCUT2D eigenvalue weighted by atomic mass is 9.84. The third-order valence-corrected chi connectivity index (χ3v) is 21.4. The van der Waals surface area contributed by atoms with Gasteiger partial charge in [-0.05, 0) is 62.5 Å². The highest BCUT2D eigenvalue weighted by molar-refractivity contribution is 5.70. The maximum atomic E-state index is 14.4. The highest BCUT2D eigenvalue weighted by Crippen LogP contribution is 2.57. The largest absolute Gasteiger partial charge is 0.459 e. The van der Waals surface area contributed by atoms with Gasteiger partial charge in [-0.3, -0.25) is 4.79 Å². The number of rotatable bonds is 2. The minimum Gasteiger partial charge on any atom is -0.459 e. The van der Waals surface area contributed by atoms with Crippen molar-refractivity contribution in [2.75, 3.05) is 6.61 Å². The van der Waals surface area contributed by atoms with Gasteiger partial charge < -0.3 is 97.5 Å². The van der Waals surface area contributed by atoms with Crippen LogP contribution in [-0.2, 0) is 80.6 Å². The van der Waals surface area contributed by atoms with E-state index in [0.717, 1.165) is 36.8 Å². The van der Waals surface area contributed by atoms with Gasteiger partial charge in [0.1, 0.15) is 42.7 Å². The molecule has 17 aliphatic heterocycles. The number of carbonyl (C=O) groups is 1. The quantitative estimate of drug-likeness (QED) is 0.228. The fourth-order valence-electron chi connectivity index (χ4n) is 17.6. The molecule has 17 saturated heterocycles. The van der Waals surface area contributed by atoms with Gasteiger partial charge in [-0.1, -0.05) is 13.2 Å². The van der Waals surface area contributed by atoms with Crippen molar-refractivity contribution in [2.24, 2.45) is 11.5 Å². The van der Waals surface area contributed by atoms with Crippen LogP contribution in [0, 0.1) is 0 Å². The van der Waals surface area contributed by atoms with Crippen molar-refractivity contribution in [3.63, 3.8) is 0 Å². The fraction of sp³-hybridized carbons (Fsp3) is 0.912. The predicted molar refractivity (Wildman–Crippen MR) is 265 cm³/mol. The molecule has 0 radical (unpaired) electrons.